The van der Waals surface area contributed by atoms with Gasteiger partial charge in [-0.2, -0.15) is 0 Å². The number of nitrogens with zero attached hydrogens (tertiary/aromatic N) is 3. The van der Waals surface area contributed by atoms with Crippen molar-refractivity contribution in [2.45, 2.75) is 102 Å². The number of aliphatic hydroxyl groups is 1. The van der Waals surface area contributed by atoms with Crippen molar-refractivity contribution in [2.75, 3.05) is 26.2 Å². The number of likely N-dealkylation sites (tertiary alicyclic amines) is 1. The van der Waals surface area contributed by atoms with Crippen LogP contribution in [-0.4, -0.2) is 91.4 Å². The van der Waals surface area contributed by atoms with Crippen LogP contribution in [0.3, 0.4) is 0 Å². The van der Waals surface area contributed by atoms with Crippen molar-refractivity contribution in [2.24, 2.45) is 23.2 Å². The molecule has 3 amide bonds. The summed E-state index contributed by atoms with van der Waals surface area (Å²) < 4.78 is -0.852. The fraction of sp³-hybridized carbons (Fsp3) is 0.774. The lowest BCUT2D eigenvalue weighted by molar-refractivity contribution is -0.149. The highest BCUT2D eigenvalue weighted by Gasteiger charge is 2.72. The van der Waals surface area contributed by atoms with Crippen LogP contribution >= 0.6 is 11.8 Å². The second-order valence-electron chi connectivity index (χ2n) is 14.2. The maximum absolute atomic E-state index is 14.8. The zero-order chi connectivity index (χ0) is 28.9. The van der Waals surface area contributed by atoms with Crippen molar-refractivity contribution in [3.8, 4) is 0 Å². The molecule has 0 bridgehead atoms. The topological polar surface area (TPSA) is 81.2 Å². The zero-order valence-electron chi connectivity index (χ0n) is 25.1. The Morgan fingerprint density at radius 2 is 1.74 bits per heavy atom. The first-order chi connectivity index (χ1) is 18.2. The highest BCUT2D eigenvalue weighted by molar-refractivity contribution is 8.02. The molecule has 0 aromatic heterocycles. The van der Waals surface area contributed by atoms with Gasteiger partial charge in [-0.15, -0.1) is 11.8 Å². The Bertz CT molecular complexity index is 1030. The van der Waals surface area contributed by atoms with Gasteiger partial charge < -0.3 is 19.8 Å². The maximum atomic E-state index is 14.8. The predicted molar refractivity (Wildman–Crippen MR) is 157 cm³/mol. The Morgan fingerprint density at radius 1 is 1.05 bits per heavy atom. The Balaban J connectivity index is 1.85. The first-order valence-corrected chi connectivity index (χ1v) is 15.6. The third kappa shape index (κ3) is 5.32. The van der Waals surface area contributed by atoms with Gasteiger partial charge in [-0.1, -0.05) is 65.8 Å². The van der Waals surface area contributed by atoms with E-state index in [2.05, 4.69) is 79.7 Å². The average molecular weight is 560 g/mol. The smallest absolute Gasteiger partial charge is 0.247 e. The number of hydrogen-bond acceptors (Lipinski definition) is 5. The number of thioether (sulfide) groups is 1. The number of carbonyl (C=O) groups excluding carboxylic acids is 3. The van der Waals surface area contributed by atoms with E-state index in [9.17, 15) is 19.5 Å². The third-order valence-corrected chi connectivity index (χ3v) is 10.5. The number of rotatable bonds is 8. The van der Waals surface area contributed by atoms with Crippen molar-refractivity contribution in [3.63, 3.8) is 0 Å². The Labute approximate surface area is 239 Å². The fourth-order valence-corrected chi connectivity index (χ4v) is 9.74. The van der Waals surface area contributed by atoms with Gasteiger partial charge in [0.1, 0.15) is 6.04 Å². The van der Waals surface area contributed by atoms with E-state index in [4.69, 9.17) is 0 Å². The summed E-state index contributed by atoms with van der Waals surface area (Å²) in [6.45, 7) is 18.4. The van der Waals surface area contributed by atoms with Crippen LogP contribution in [0.5, 0.6) is 0 Å². The molecule has 218 valence electrons. The van der Waals surface area contributed by atoms with E-state index in [1.54, 1.807) is 16.7 Å². The summed E-state index contributed by atoms with van der Waals surface area (Å²) >= 11 is 1.62. The number of aliphatic hydroxyl groups excluding tert-OH is 1. The van der Waals surface area contributed by atoms with E-state index < -0.39 is 34.2 Å². The molecule has 2 fully saturated rings. The highest BCUT2D eigenvalue weighted by Crippen LogP contribution is 2.61. The summed E-state index contributed by atoms with van der Waals surface area (Å²) in [5.41, 5.74) is -0.433. The molecule has 4 aliphatic rings. The van der Waals surface area contributed by atoms with Crippen LogP contribution in [0.25, 0.3) is 0 Å². The van der Waals surface area contributed by atoms with Crippen LogP contribution in [-0.2, 0) is 14.4 Å². The van der Waals surface area contributed by atoms with Crippen molar-refractivity contribution in [1.82, 2.24) is 14.7 Å². The van der Waals surface area contributed by atoms with Gasteiger partial charge in [0.2, 0.25) is 17.7 Å². The summed E-state index contributed by atoms with van der Waals surface area (Å²) in [6.07, 6.45) is 10.5. The Morgan fingerprint density at radius 3 is 2.33 bits per heavy atom. The SMILES string of the molecule is CCCN1CC=C[C@@H]2S[C@]34C=CCN(C(C)(C)CC(C)(C)C)C(=O)C3N([C@@H](CO)CC(C)C)C(=O)[C@@H]4[C@@H]2C1=O. The third-order valence-electron chi connectivity index (χ3n) is 8.71. The summed E-state index contributed by atoms with van der Waals surface area (Å²) in [7, 11) is 0. The number of hydrogen-bond donors (Lipinski definition) is 1. The normalized spacial score (nSPS) is 31.9. The molecule has 6 atom stereocenters. The largest absolute Gasteiger partial charge is 0.394 e. The summed E-state index contributed by atoms with van der Waals surface area (Å²) in [6, 6.07) is -1.24. The number of carbonyl (C=O) groups is 3. The van der Waals surface area contributed by atoms with E-state index in [1.165, 1.54) is 0 Å². The molecule has 2 saturated heterocycles. The van der Waals surface area contributed by atoms with Crippen molar-refractivity contribution in [3.05, 3.63) is 24.3 Å². The van der Waals surface area contributed by atoms with Crippen LogP contribution in [0.4, 0.5) is 0 Å². The maximum Gasteiger partial charge on any atom is 0.247 e. The van der Waals surface area contributed by atoms with Gasteiger partial charge in [-0.3, -0.25) is 14.4 Å². The minimum Gasteiger partial charge on any atom is -0.394 e. The van der Waals surface area contributed by atoms with Crippen molar-refractivity contribution >= 4 is 29.5 Å². The number of amides is 3. The molecule has 8 heteroatoms. The van der Waals surface area contributed by atoms with Gasteiger partial charge in [0.25, 0.3) is 0 Å². The summed E-state index contributed by atoms with van der Waals surface area (Å²) in [5.74, 6) is -1.15. The van der Waals surface area contributed by atoms with Crippen LogP contribution in [0.1, 0.15) is 74.7 Å². The molecule has 1 unspecified atom stereocenters. The molecular weight excluding hydrogens is 510 g/mol. The Hall–Kier alpha value is -1.80. The van der Waals surface area contributed by atoms with Gasteiger partial charge in [0, 0.05) is 30.4 Å². The molecule has 0 aromatic rings. The van der Waals surface area contributed by atoms with Crippen LogP contribution in [0.15, 0.2) is 24.3 Å². The van der Waals surface area contributed by atoms with Crippen LogP contribution in [0, 0.1) is 23.2 Å². The number of fused-ring (bicyclic) bond motifs is 2. The highest BCUT2D eigenvalue weighted by atomic mass is 32.2. The molecule has 0 aromatic carbocycles. The first-order valence-electron chi connectivity index (χ1n) is 14.7. The minimum atomic E-state index is -0.852. The van der Waals surface area contributed by atoms with Gasteiger partial charge in [0.15, 0.2) is 0 Å². The molecule has 0 saturated carbocycles. The van der Waals surface area contributed by atoms with Gasteiger partial charge in [-0.05, 0) is 44.4 Å². The Kier molecular flexibility index (Phi) is 8.42. The molecular formula is C31H49N3O4S. The van der Waals surface area contributed by atoms with Crippen LogP contribution in [0.2, 0.25) is 0 Å². The molecule has 4 heterocycles. The van der Waals surface area contributed by atoms with Crippen molar-refractivity contribution < 1.29 is 19.5 Å². The summed E-state index contributed by atoms with van der Waals surface area (Å²) in [5, 5.41) is 10.4. The predicted octanol–water partition coefficient (Wildman–Crippen LogP) is 4.11. The van der Waals surface area contributed by atoms with Gasteiger partial charge in [-0.25, -0.2) is 0 Å². The standard InChI is InChI=1S/C31H49N3O4S/c1-9-14-32-15-10-12-22-23(26(32)36)24-27(37)34(21(18-35)17-20(2)3)25-28(38)33(16-11-13-31(24,25)39-22)30(7,8)19-29(4,5)6/h10-13,20-25,35H,9,14-19H2,1-8H3/t21-,22+,23-,24+,25?,31+/m1/s1. The van der Waals surface area contributed by atoms with E-state index in [0.29, 0.717) is 26.1 Å². The molecule has 1 spiro atoms. The monoisotopic (exact) mass is 559 g/mol. The van der Waals surface area contributed by atoms with Gasteiger partial charge in [0.05, 0.1) is 29.2 Å². The zero-order valence-corrected chi connectivity index (χ0v) is 26.0. The lowest BCUT2D eigenvalue weighted by atomic mass is 9.77. The van der Waals surface area contributed by atoms with E-state index in [1.807, 2.05) is 9.80 Å². The lowest BCUT2D eigenvalue weighted by Crippen LogP contribution is -2.60. The lowest BCUT2D eigenvalue weighted by Gasteiger charge is -2.45. The second kappa shape index (κ2) is 10.9. The van der Waals surface area contributed by atoms with Crippen LogP contribution < -0.4 is 0 Å². The minimum absolute atomic E-state index is 0.00569. The fourth-order valence-electron chi connectivity index (χ4n) is 7.75. The van der Waals surface area contributed by atoms with Gasteiger partial charge >= 0.3 is 0 Å². The molecule has 0 radical (unpaired) electrons. The first kappa shape index (κ1) is 30.2. The molecule has 4 aliphatic heterocycles. The summed E-state index contributed by atoms with van der Waals surface area (Å²) in [4.78, 5) is 48.8. The molecule has 4 rings (SSSR count). The average Bonchev–Trinajstić information content (AvgIpc) is 3.13. The van der Waals surface area contributed by atoms with E-state index >= 15 is 0 Å². The van der Waals surface area contributed by atoms with Crippen molar-refractivity contribution in [1.29, 1.82) is 0 Å². The van der Waals surface area contributed by atoms with E-state index in [0.717, 1.165) is 12.8 Å². The molecule has 0 aliphatic carbocycles. The van der Waals surface area contributed by atoms with E-state index in [-0.39, 0.29) is 40.9 Å². The molecule has 7 nitrogen and oxygen atoms in total. The second-order valence-corrected chi connectivity index (χ2v) is 15.7. The quantitative estimate of drug-likeness (QED) is 0.453. The molecule has 39 heavy (non-hydrogen) atoms. The molecule has 1 N–H and O–H groups in total.